The summed E-state index contributed by atoms with van der Waals surface area (Å²) < 4.78 is 0. The van der Waals surface area contributed by atoms with E-state index in [0.717, 1.165) is 25.5 Å². The summed E-state index contributed by atoms with van der Waals surface area (Å²) in [6.45, 7) is 3.62. The summed E-state index contributed by atoms with van der Waals surface area (Å²) in [6.07, 6.45) is 4.74. The first kappa shape index (κ1) is 7.32. The van der Waals surface area contributed by atoms with Crippen LogP contribution in [0.2, 0.25) is 0 Å². The van der Waals surface area contributed by atoms with Crippen molar-refractivity contribution in [3.05, 3.63) is 12.3 Å². The highest BCUT2D eigenvalue weighted by atomic mass is 16.1. The average molecular weight is 139 g/mol. The van der Waals surface area contributed by atoms with Crippen LogP contribution in [0.3, 0.4) is 0 Å². The van der Waals surface area contributed by atoms with Gasteiger partial charge in [-0.1, -0.05) is 6.58 Å². The van der Waals surface area contributed by atoms with Crippen molar-refractivity contribution in [2.45, 2.75) is 25.7 Å². The monoisotopic (exact) mass is 139 g/mol. The van der Waals surface area contributed by atoms with E-state index in [1.165, 1.54) is 0 Å². The molecule has 10 heavy (non-hydrogen) atoms. The van der Waals surface area contributed by atoms with Crippen LogP contribution < -0.4 is 5.73 Å². The maximum absolute atomic E-state index is 10.2. The molecule has 2 nitrogen and oxygen atoms in total. The lowest BCUT2D eigenvalue weighted by molar-refractivity contribution is -0.108. The standard InChI is InChI=1S/C8H13NO/c1-7(9)6-8(2-3-8)4-5-10/h5H,1-4,6,9H2. The number of carbonyl (C=O) groups is 1. The van der Waals surface area contributed by atoms with E-state index >= 15 is 0 Å². The Morgan fingerprint density at radius 1 is 1.70 bits per heavy atom. The number of aldehydes is 1. The molecule has 0 aliphatic heterocycles. The predicted octanol–water partition coefficient (Wildman–Crippen LogP) is 1.22. The molecule has 1 aliphatic carbocycles. The van der Waals surface area contributed by atoms with Gasteiger partial charge in [-0.2, -0.15) is 0 Å². The summed E-state index contributed by atoms with van der Waals surface area (Å²) in [5.41, 5.74) is 6.38. The van der Waals surface area contributed by atoms with Crippen molar-refractivity contribution in [2.75, 3.05) is 0 Å². The van der Waals surface area contributed by atoms with E-state index in [0.29, 0.717) is 12.1 Å². The molecular weight excluding hydrogens is 126 g/mol. The van der Waals surface area contributed by atoms with Crippen molar-refractivity contribution in [2.24, 2.45) is 11.1 Å². The van der Waals surface area contributed by atoms with Gasteiger partial charge in [0, 0.05) is 12.1 Å². The fourth-order valence-electron chi connectivity index (χ4n) is 1.29. The molecule has 0 aromatic heterocycles. The lowest BCUT2D eigenvalue weighted by Gasteiger charge is -2.09. The summed E-state index contributed by atoms with van der Waals surface area (Å²) in [5.74, 6) is 0. The van der Waals surface area contributed by atoms with Gasteiger partial charge in [-0.05, 0) is 24.7 Å². The van der Waals surface area contributed by atoms with Gasteiger partial charge in [-0.25, -0.2) is 0 Å². The van der Waals surface area contributed by atoms with Crippen LogP contribution in [0.1, 0.15) is 25.7 Å². The van der Waals surface area contributed by atoms with E-state index in [1.54, 1.807) is 0 Å². The Labute approximate surface area is 61.1 Å². The van der Waals surface area contributed by atoms with E-state index < -0.39 is 0 Å². The molecule has 0 spiro atoms. The highest BCUT2D eigenvalue weighted by molar-refractivity contribution is 5.52. The number of hydrogen-bond donors (Lipinski definition) is 1. The van der Waals surface area contributed by atoms with E-state index in [4.69, 9.17) is 5.73 Å². The summed E-state index contributed by atoms with van der Waals surface area (Å²) >= 11 is 0. The minimum atomic E-state index is 0.230. The SMILES string of the molecule is C=C(N)CC1(CC=O)CC1. The van der Waals surface area contributed by atoms with Gasteiger partial charge in [0.25, 0.3) is 0 Å². The van der Waals surface area contributed by atoms with Crippen molar-refractivity contribution < 1.29 is 4.79 Å². The average Bonchev–Trinajstić information content (AvgIpc) is 2.47. The molecule has 0 saturated heterocycles. The first-order chi connectivity index (χ1) is 4.68. The van der Waals surface area contributed by atoms with E-state index in [1.807, 2.05) is 0 Å². The molecule has 1 saturated carbocycles. The fourth-order valence-corrected chi connectivity index (χ4v) is 1.29. The zero-order valence-corrected chi connectivity index (χ0v) is 6.10. The zero-order chi connectivity index (χ0) is 7.61. The molecule has 0 heterocycles. The third-order valence-electron chi connectivity index (χ3n) is 2.08. The number of hydrogen-bond acceptors (Lipinski definition) is 2. The van der Waals surface area contributed by atoms with Crippen LogP contribution in [0.4, 0.5) is 0 Å². The van der Waals surface area contributed by atoms with Crippen LogP contribution in [-0.4, -0.2) is 6.29 Å². The summed E-state index contributed by atoms with van der Waals surface area (Å²) in [4.78, 5) is 10.2. The van der Waals surface area contributed by atoms with Crippen LogP contribution >= 0.6 is 0 Å². The largest absolute Gasteiger partial charge is 0.402 e. The Morgan fingerprint density at radius 2 is 2.30 bits per heavy atom. The second kappa shape index (κ2) is 2.45. The Hall–Kier alpha value is -0.790. The highest BCUT2D eigenvalue weighted by Crippen LogP contribution is 2.52. The second-order valence-electron chi connectivity index (χ2n) is 3.21. The topological polar surface area (TPSA) is 43.1 Å². The third kappa shape index (κ3) is 1.59. The number of carbonyl (C=O) groups excluding carboxylic acids is 1. The Kier molecular flexibility index (Phi) is 1.79. The lowest BCUT2D eigenvalue weighted by atomic mass is 9.98. The minimum absolute atomic E-state index is 0.230. The minimum Gasteiger partial charge on any atom is -0.402 e. The third-order valence-corrected chi connectivity index (χ3v) is 2.08. The molecule has 0 radical (unpaired) electrons. The van der Waals surface area contributed by atoms with E-state index in [-0.39, 0.29) is 5.41 Å². The first-order valence-electron chi connectivity index (χ1n) is 3.55. The van der Waals surface area contributed by atoms with Gasteiger partial charge in [-0.3, -0.25) is 0 Å². The molecule has 2 heteroatoms. The van der Waals surface area contributed by atoms with E-state index in [9.17, 15) is 4.79 Å². The maximum atomic E-state index is 10.2. The molecule has 0 atom stereocenters. The molecule has 1 fully saturated rings. The molecule has 0 amide bonds. The van der Waals surface area contributed by atoms with Gasteiger partial charge in [0.15, 0.2) is 0 Å². The molecule has 0 aromatic rings. The molecular formula is C8H13NO. The van der Waals surface area contributed by atoms with Gasteiger partial charge in [0.1, 0.15) is 6.29 Å². The van der Waals surface area contributed by atoms with E-state index in [2.05, 4.69) is 6.58 Å². The van der Waals surface area contributed by atoms with Crippen LogP contribution in [0.5, 0.6) is 0 Å². The smallest absolute Gasteiger partial charge is 0.120 e. The van der Waals surface area contributed by atoms with Gasteiger partial charge in [0.05, 0.1) is 0 Å². The molecule has 0 aromatic carbocycles. The highest BCUT2D eigenvalue weighted by Gasteiger charge is 2.41. The first-order valence-corrected chi connectivity index (χ1v) is 3.55. The summed E-state index contributed by atoms with van der Waals surface area (Å²) in [6, 6.07) is 0. The van der Waals surface area contributed by atoms with Gasteiger partial charge in [0.2, 0.25) is 0 Å². The fraction of sp³-hybridized carbons (Fsp3) is 0.625. The van der Waals surface area contributed by atoms with Crippen molar-refractivity contribution in [3.63, 3.8) is 0 Å². The van der Waals surface area contributed by atoms with Gasteiger partial charge >= 0.3 is 0 Å². The number of nitrogens with two attached hydrogens (primary N) is 1. The lowest BCUT2D eigenvalue weighted by Crippen LogP contribution is -2.06. The number of allylic oxidation sites excluding steroid dienone is 1. The Bertz CT molecular complexity index is 159. The van der Waals surface area contributed by atoms with Crippen molar-refractivity contribution in [1.29, 1.82) is 0 Å². The quantitative estimate of drug-likeness (QED) is 0.595. The van der Waals surface area contributed by atoms with Crippen molar-refractivity contribution >= 4 is 6.29 Å². The maximum Gasteiger partial charge on any atom is 0.120 e. The molecule has 56 valence electrons. The van der Waals surface area contributed by atoms with Crippen LogP contribution in [0.25, 0.3) is 0 Å². The predicted molar refractivity (Wildman–Crippen MR) is 40.3 cm³/mol. The van der Waals surface area contributed by atoms with Crippen molar-refractivity contribution in [3.8, 4) is 0 Å². The van der Waals surface area contributed by atoms with Crippen LogP contribution in [-0.2, 0) is 4.79 Å². The Balaban J connectivity index is 2.37. The molecule has 1 aliphatic rings. The second-order valence-corrected chi connectivity index (χ2v) is 3.21. The summed E-state index contributed by atoms with van der Waals surface area (Å²) in [7, 11) is 0. The van der Waals surface area contributed by atoms with Crippen LogP contribution in [0.15, 0.2) is 12.3 Å². The zero-order valence-electron chi connectivity index (χ0n) is 6.10. The van der Waals surface area contributed by atoms with Gasteiger partial charge in [-0.15, -0.1) is 0 Å². The molecule has 0 bridgehead atoms. The van der Waals surface area contributed by atoms with Crippen molar-refractivity contribution in [1.82, 2.24) is 0 Å². The Morgan fingerprint density at radius 3 is 2.60 bits per heavy atom. The number of rotatable bonds is 4. The molecule has 2 N–H and O–H groups in total. The summed E-state index contributed by atoms with van der Waals surface area (Å²) in [5, 5.41) is 0. The normalized spacial score (nSPS) is 20.0. The van der Waals surface area contributed by atoms with Gasteiger partial charge < -0.3 is 10.5 Å². The van der Waals surface area contributed by atoms with Crippen LogP contribution in [0, 0.1) is 5.41 Å². The molecule has 1 rings (SSSR count). The molecule has 0 unspecified atom stereocenters.